The number of benzene rings is 1. The van der Waals surface area contributed by atoms with E-state index in [1.54, 1.807) is 0 Å². The first-order valence-corrected chi connectivity index (χ1v) is 6.65. The lowest BCUT2D eigenvalue weighted by Crippen LogP contribution is -1.90. The van der Waals surface area contributed by atoms with Gasteiger partial charge in [-0.25, -0.2) is 0 Å². The molecular formula is C16H25. The topological polar surface area (TPSA) is 0 Å². The number of rotatable bonds is 7. The lowest BCUT2D eigenvalue weighted by Gasteiger charge is -2.07. The lowest BCUT2D eigenvalue weighted by atomic mass is 9.98. The first-order valence-electron chi connectivity index (χ1n) is 6.65. The normalized spacial score (nSPS) is 10.7. The Hall–Kier alpha value is -0.780. The molecule has 0 spiro atoms. The summed E-state index contributed by atoms with van der Waals surface area (Å²) in [5, 5.41) is 0. The predicted molar refractivity (Wildman–Crippen MR) is 72.7 cm³/mol. The summed E-state index contributed by atoms with van der Waals surface area (Å²) >= 11 is 0. The van der Waals surface area contributed by atoms with Gasteiger partial charge in [-0.05, 0) is 43.4 Å². The Bertz CT molecular complexity index is 299. The minimum atomic E-state index is 1.23. The molecule has 1 radical (unpaired) electrons. The smallest absolute Gasteiger partial charge is 0.00903 e. The van der Waals surface area contributed by atoms with Gasteiger partial charge in [0.2, 0.25) is 0 Å². The van der Waals surface area contributed by atoms with Gasteiger partial charge in [-0.2, -0.15) is 0 Å². The minimum Gasteiger partial charge on any atom is -0.0654 e. The van der Waals surface area contributed by atoms with E-state index in [1.165, 1.54) is 55.2 Å². The molecular weight excluding hydrogens is 192 g/mol. The second kappa shape index (κ2) is 7.49. The first-order chi connectivity index (χ1) is 7.75. The van der Waals surface area contributed by atoms with E-state index in [0.717, 1.165) is 0 Å². The molecule has 0 atom stereocenters. The maximum atomic E-state index is 2.40. The van der Waals surface area contributed by atoms with E-state index >= 15 is 0 Å². The zero-order chi connectivity index (χ0) is 11.8. The molecule has 0 heteroatoms. The van der Waals surface area contributed by atoms with Crippen LogP contribution < -0.4 is 0 Å². The summed E-state index contributed by atoms with van der Waals surface area (Å²) < 4.78 is 0. The molecule has 1 aromatic carbocycles. The van der Waals surface area contributed by atoms with Gasteiger partial charge in [0.05, 0.1) is 0 Å². The average Bonchev–Trinajstić information content (AvgIpc) is 2.29. The van der Waals surface area contributed by atoms with E-state index in [9.17, 15) is 0 Å². The summed E-state index contributed by atoms with van der Waals surface area (Å²) in [4.78, 5) is 0. The summed E-state index contributed by atoms with van der Waals surface area (Å²) in [6.45, 7) is 6.68. The first kappa shape index (κ1) is 13.3. The van der Waals surface area contributed by atoms with E-state index in [1.807, 2.05) is 0 Å². The Morgan fingerprint density at radius 3 is 2.50 bits per heavy atom. The number of hydrogen-bond donors (Lipinski definition) is 0. The molecule has 0 aliphatic rings. The number of aryl methyl sites for hydroxylation is 1. The third-order valence-electron chi connectivity index (χ3n) is 3.32. The minimum absolute atomic E-state index is 1.23. The SMILES string of the molecule is CCCCCCC[CH]c1cccc(C)c1C. The molecule has 0 unspecified atom stereocenters. The van der Waals surface area contributed by atoms with Crippen LogP contribution in [-0.2, 0) is 0 Å². The van der Waals surface area contributed by atoms with Gasteiger partial charge in [-0.15, -0.1) is 0 Å². The fourth-order valence-electron chi connectivity index (χ4n) is 2.00. The third-order valence-corrected chi connectivity index (χ3v) is 3.32. The van der Waals surface area contributed by atoms with Gasteiger partial charge in [0, 0.05) is 0 Å². The Morgan fingerprint density at radius 1 is 1.00 bits per heavy atom. The largest absolute Gasteiger partial charge is 0.0654 e. The van der Waals surface area contributed by atoms with Gasteiger partial charge in [0.25, 0.3) is 0 Å². The summed E-state index contributed by atoms with van der Waals surface area (Å²) in [6, 6.07) is 6.58. The monoisotopic (exact) mass is 217 g/mol. The molecule has 1 rings (SSSR count). The van der Waals surface area contributed by atoms with Crippen molar-refractivity contribution in [1.29, 1.82) is 0 Å². The van der Waals surface area contributed by atoms with Crippen molar-refractivity contribution in [2.45, 2.75) is 59.3 Å². The van der Waals surface area contributed by atoms with Crippen molar-refractivity contribution < 1.29 is 0 Å². The maximum absolute atomic E-state index is 2.40. The highest BCUT2D eigenvalue weighted by molar-refractivity contribution is 5.37. The van der Waals surface area contributed by atoms with Crippen molar-refractivity contribution in [3.63, 3.8) is 0 Å². The maximum Gasteiger partial charge on any atom is -0.00903 e. The molecule has 0 bridgehead atoms. The summed E-state index contributed by atoms with van der Waals surface area (Å²) in [5.41, 5.74) is 4.27. The summed E-state index contributed by atoms with van der Waals surface area (Å²) in [6.07, 6.45) is 10.5. The van der Waals surface area contributed by atoms with Crippen LogP contribution in [0.25, 0.3) is 0 Å². The van der Waals surface area contributed by atoms with E-state index in [0.29, 0.717) is 0 Å². The van der Waals surface area contributed by atoms with E-state index < -0.39 is 0 Å². The molecule has 0 aromatic heterocycles. The molecule has 0 nitrogen and oxygen atoms in total. The molecule has 0 fully saturated rings. The second-order valence-electron chi connectivity index (χ2n) is 4.70. The van der Waals surface area contributed by atoms with Gasteiger partial charge in [-0.3, -0.25) is 0 Å². The summed E-state index contributed by atoms with van der Waals surface area (Å²) in [7, 11) is 0. The van der Waals surface area contributed by atoms with Crippen LogP contribution in [0, 0.1) is 20.3 Å². The Balaban J connectivity index is 2.24. The molecule has 89 valence electrons. The van der Waals surface area contributed by atoms with Gasteiger partial charge in [0.15, 0.2) is 0 Å². The quantitative estimate of drug-likeness (QED) is 0.549. The van der Waals surface area contributed by atoms with E-state index in [2.05, 4.69) is 45.4 Å². The van der Waals surface area contributed by atoms with Crippen LogP contribution in [-0.4, -0.2) is 0 Å². The molecule has 0 aliphatic heterocycles. The van der Waals surface area contributed by atoms with Crippen LogP contribution in [0.3, 0.4) is 0 Å². The number of hydrogen-bond acceptors (Lipinski definition) is 0. The Morgan fingerprint density at radius 2 is 1.75 bits per heavy atom. The zero-order valence-corrected chi connectivity index (χ0v) is 11.1. The fourth-order valence-corrected chi connectivity index (χ4v) is 2.00. The van der Waals surface area contributed by atoms with Crippen LogP contribution >= 0.6 is 0 Å². The molecule has 0 amide bonds. The zero-order valence-electron chi connectivity index (χ0n) is 11.1. The van der Waals surface area contributed by atoms with Crippen LogP contribution in [0.4, 0.5) is 0 Å². The van der Waals surface area contributed by atoms with Crippen molar-refractivity contribution in [3.8, 4) is 0 Å². The molecule has 16 heavy (non-hydrogen) atoms. The third kappa shape index (κ3) is 4.38. The molecule has 0 N–H and O–H groups in total. The molecule has 0 heterocycles. The van der Waals surface area contributed by atoms with Crippen molar-refractivity contribution in [1.82, 2.24) is 0 Å². The van der Waals surface area contributed by atoms with Gasteiger partial charge < -0.3 is 0 Å². The van der Waals surface area contributed by atoms with Crippen LogP contribution in [0.1, 0.15) is 62.1 Å². The average molecular weight is 217 g/mol. The van der Waals surface area contributed by atoms with Crippen LogP contribution in [0.2, 0.25) is 0 Å². The van der Waals surface area contributed by atoms with Crippen LogP contribution in [0.5, 0.6) is 0 Å². The van der Waals surface area contributed by atoms with Crippen molar-refractivity contribution in [3.05, 3.63) is 41.3 Å². The fraction of sp³-hybridized carbons (Fsp3) is 0.562. The molecule has 0 saturated heterocycles. The predicted octanol–water partition coefficient (Wildman–Crippen LogP) is 5.22. The second-order valence-corrected chi connectivity index (χ2v) is 4.70. The van der Waals surface area contributed by atoms with Gasteiger partial charge in [0.1, 0.15) is 0 Å². The number of unbranched alkanes of at least 4 members (excludes halogenated alkanes) is 5. The molecule has 0 aliphatic carbocycles. The summed E-state index contributed by atoms with van der Waals surface area (Å²) in [5.74, 6) is 0. The van der Waals surface area contributed by atoms with Crippen LogP contribution in [0.15, 0.2) is 18.2 Å². The highest BCUT2D eigenvalue weighted by Crippen LogP contribution is 2.17. The highest BCUT2D eigenvalue weighted by atomic mass is 14.1. The molecule has 0 saturated carbocycles. The van der Waals surface area contributed by atoms with Gasteiger partial charge in [-0.1, -0.05) is 57.2 Å². The van der Waals surface area contributed by atoms with Crippen molar-refractivity contribution >= 4 is 0 Å². The van der Waals surface area contributed by atoms with Crippen molar-refractivity contribution in [2.24, 2.45) is 0 Å². The Labute approximate surface area is 101 Å². The lowest BCUT2D eigenvalue weighted by molar-refractivity contribution is 0.631. The highest BCUT2D eigenvalue weighted by Gasteiger charge is 2.00. The standard InChI is InChI=1S/C16H25/c1-4-5-6-7-8-9-12-16-13-10-11-14(2)15(16)3/h10-13H,4-9H2,1-3H3. The van der Waals surface area contributed by atoms with E-state index in [4.69, 9.17) is 0 Å². The van der Waals surface area contributed by atoms with Gasteiger partial charge >= 0.3 is 0 Å². The van der Waals surface area contributed by atoms with E-state index in [-0.39, 0.29) is 0 Å². The molecule has 1 aromatic rings. The van der Waals surface area contributed by atoms with Crippen molar-refractivity contribution in [2.75, 3.05) is 0 Å². The Kier molecular flexibility index (Phi) is 6.22.